The molecule has 4 nitrogen and oxygen atoms in total. The zero-order valence-corrected chi connectivity index (χ0v) is 11.5. The van der Waals surface area contributed by atoms with Crippen molar-refractivity contribution in [2.45, 2.75) is 6.42 Å². The highest BCUT2D eigenvalue weighted by Gasteiger charge is 2.07. The van der Waals surface area contributed by atoms with Gasteiger partial charge in [-0.2, -0.15) is 5.26 Å². The van der Waals surface area contributed by atoms with E-state index in [-0.39, 0.29) is 0 Å². The van der Waals surface area contributed by atoms with Crippen molar-refractivity contribution in [3.05, 3.63) is 64.0 Å². The quantitative estimate of drug-likeness (QED) is 0.731. The predicted molar refractivity (Wildman–Crippen MR) is 74.7 cm³/mol. The second-order valence-electron chi connectivity index (χ2n) is 4.18. The maximum absolute atomic E-state index is 8.94. The molecular formula is C14H9BrN4. The fourth-order valence-corrected chi connectivity index (χ4v) is 2.17. The van der Waals surface area contributed by atoms with Crippen molar-refractivity contribution in [1.29, 1.82) is 5.26 Å². The van der Waals surface area contributed by atoms with Crippen LogP contribution >= 0.6 is 15.9 Å². The van der Waals surface area contributed by atoms with Gasteiger partial charge in [0.1, 0.15) is 11.9 Å². The van der Waals surface area contributed by atoms with Gasteiger partial charge < -0.3 is 0 Å². The zero-order valence-electron chi connectivity index (χ0n) is 9.92. The summed E-state index contributed by atoms with van der Waals surface area (Å²) in [4.78, 5) is 0. The minimum atomic E-state index is 0.601. The van der Waals surface area contributed by atoms with Crippen LogP contribution in [0.3, 0.4) is 0 Å². The number of hydrogen-bond donors (Lipinski definition) is 0. The summed E-state index contributed by atoms with van der Waals surface area (Å²) in [5.41, 5.74) is 2.51. The van der Waals surface area contributed by atoms with Crippen molar-refractivity contribution < 1.29 is 0 Å². The van der Waals surface area contributed by atoms with Gasteiger partial charge in [-0.15, -0.1) is 10.2 Å². The molecule has 92 valence electrons. The second kappa shape index (κ2) is 4.82. The number of pyridine rings is 1. The van der Waals surface area contributed by atoms with E-state index in [0.717, 1.165) is 21.5 Å². The summed E-state index contributed by atoms with van der Waals surface area (Å²) < 4.78 is 2.91. The van der Waals surface area contributed by atoms with Crippen molar-refractivity contribution in [3.8, 4) is 6.07 Å². The lowest BCUT2D eigenvalue weighted by Crippen LogP contribution is -1.97. The average molecular weight is 313 g/mol. The lowest BCUT2D eigenvalue weighted by atomic mass is 10.1. The summed E-state index contributed by atoms with van der Waals surface area (Å²) in [5, 5.41) is 17.2. The fraction of sp³-hybridized carbons (Fsp3) is 0.0714. The molecule has 0 bridgehead atoms. The third-order valence-electron chi connectivity index (χ3n) is 2.88. The van der Waals surface area contributed by atoms with Gasteiger partial charge in [-0.3, -0.25) is 4.40 Å². The summed E-state index contributed by atoms with van der Waals surface area (Å²) in [6.45, 7) is 0. The standard InChI is InChI=1S/C14H9BrN4/c15-12-4-1-10(2-5-12)7-14-18-17-13-6-3-11(8-16)9-19(13)14/h1-6,9H,7H2. The number of nitriles is 1. The van der Waals surface area contributed by atoms with Crippen molar-refractivity contribution in [1.82, 2.24) is 14.6 Å². The molecule has 0 spiro atoms. The first-order chi connectivity index (χ1) is 9.26. The Morgan fingerprint density at radius 3 is 2.63 bits per heavy atom. The molecule has 2 aromatic heterocycles. The highest BCUT2D eigenvalue weighted by molar-refractivity contribution is 9.10. The van der Waals surface area contributed by atoms with Crippen molar-refractivity contribution in [2.75, 3.05) is 0 Å². The van der Waals surface area contributed by atoms with E-state index in [4.69, 9.17) is 5.26 Å². The van der Waals surface area contributed by atoms with Gasteiger partial charge in [0.25, 0.3) is 0 Å². The minimum absolute atomic E-state index is 0.601. The Hall–Kier alpha value is -2.19. The Morgan fingerprint density at radius 2 is 1.89 bits per heavy atom. The highest BCUT2D eigenvalue weighted by atomic mass is 79.9. The van der Waals surface area contributed by atoms with Gasteiger partial charge >= 0.3 is 0 Å². The van der Waals surface area contributed by atoms with E-state index in [2.05, 4.69) is 32.2 Å². The molecule has 0 saturated heterocycles. The molecule has 5 heteroatoms. The molecule has 0 saturated carbocycles. The molecule has 3 rings (SSSR count). The first kappa shape index (κ1) is 11.9. The smallest absolute Gasteiger partial charge is 0.160 e. The van der Waals surface area contributed by atoms with Crippen LogP contribution in [0.25, 0.3) is 5.65 Å². The Morgan fingerprint density at radius 1 is 1.11 bits per heavy atom. The summed E-state index contributed by atoms with van der Waals surface area (Å²) in [6, 6.07) is 13.8. The van der Waals surface area contributed by atoms with E-state index in [9.17, 15) is 0 Å². The van der Waals surface area contributed by atoms with Gasteiger partial charge in [0.05, 0.1) is 5.56 Å². The lowest BCUT2D eigenvalue weighted by molar-refractivity contribution is 0.933. The lowest BCUT2D eigenvalue weighted by Gasteiger charge is -2.01. The van der Waals surface area contributed by atoms with Crippen LogP contribution in [0, 0.1) is 11.3 Å². The van der Waals surface area contributed by atoms with Crippen LogP contribution in [0.4, 0.5) is 0 Å². The van der Waals surface area contributed by atoms with Crippen molar-refractivity contribution >= 4 is 21.6 Å². The normalized spacial score (nSPS) is 10.5. The van der Waals surface area contributed by atoms with E-state index >= 15 is 0 Å². The van der Waals surface area contributed by atoms with Gasteiger partial charge in [-0.25, -0.2) is 0 Å². The van der Waals surface area contributed by atoms with Crippen LogP contribution in [0.2, 0.25) is 0 Å². The van der Waals surface area contributed by atoms with Gasteiger partial charge in [0, 0.05) is 17.1 Å². The Bertz CT molecular complexity index is 768. The van der Waals surface area contributed by atoms with Crippen molar-refractivity contribution in [2.24, 2.45) is 0 Å². The topological polar surface area (TPSA) is 54.0 Å². The van der Waals surface area contributed by atoms with Crippen LogP contribution in [0.1, 0.15) is 17.0 Å². The van der Waals surface area contributed by atoms with Crippen LogP contribution in [-0.2, 0) is 6.42 Å². The van der Waals surface area contributed by atoms with Crippen LogP contribution < -0.4 is 0 Å². The van der Waals surface area contributed by atoms with Gasteiger partial charge in [-0.05, 0) is 29.8 Å². The molecule has 1 aromatic carbocycles. The molecule has 3 aromatic rings. The van der Waals surface area contributed by atoms with E-state index in [1.54, 1.807) is 18.3 Å². The third-order valence-corrected chi connectivity index (χ3v) is 3.41. The molecule has 0 fully saturated rings. The zero-order chi connectivity index (χ0) is 13.2. The number of hydrogen-bond acceptors (Lipinski definition) is 3. The molecule has 19 heavy (non-hydrogen) atoms. The molecule has 0 atom stereocenters. The SMILES string of the molecule is N#Cc1ccc2nnc(Cc3ccc(Br)cc3)n2c1. The minimum Gasteiger partial charge on any atom is -0.285 e. The number of halogens is 1. The number of nitrogens with zero attached hydrogens (tertiary/aromatic N) is 4. The molecular weight excluding hydrogens is 304 g/mol. The fourth-order valence-electron chi connectivity index (χ4n) is 1.91. The molecule has 0 aliphatic heterocycles. The number of fused-ring (bicyclic) bond motifs is 1. The van der Waals surface area contributed by atoms with Crippen molar-refractivity contribution in [3.63, 3.8) is 0 Å². The van der Waals surface area contributed by atoms with E-state index in [1.165, 1.54) is 0 Å². The summed E-state index contributed by atoms with van der Waals surface area (Å²) in [6.07, 6.45) is 2.45. The van der Waals surface area contributed by atoms with Crippen LogP contribution in [0.5, 0.6) is 0 Å². The van der Waals surface area contributed by atoms with Gasteiger partial charge in [0.2, 0.25) is 0 Å². The largest absolute Gasteiger partial charge is 0.285 e. The van der Waals surface area contributed by atoms with E-state index < -0.39 is 0 Å². The number of aromatic nitrogens is 3. The summed E-state index contributed by atoms with van der Waals surface area (Å²) in [7, 11) is 0. The molecule has 0 radical (unpaired) electrons. The average Bonchev–Trinajstić information content (AvgIpc) is 2.84. The monoisotopic (exact) mass is 312 g/mol. The van der Waals surface area contributed by atoms with Crippen LogP contribution in [-0.4, -0.2) is 14.6 Å². The van der Waals surface area contributed by atoms with Gasteiger partial charge in [-0.1, -0.05) is 28.1 Å². The molecule has 0 aliphatic rings. The first-order valence-electron chi connectivity index (χ1n) is 5.74. The maximum Gasteiger partial charge on any atom is 0.160 e. The maximum atomic E-state index is 8.94. The molecule has 0 aliphatic carbocycles. The molecule has 2 heterocycles. The summed E-state index contributed by atoms with van der Waals surface area (Å²) in [5.74, 6) is 0.828. The van der Waals surface area contributed by atoms with Gasteiger partial charge in [0.15, 0.2) is 5.65 Å². The first-order valence-corrected chi connectivity index (χ1v) is 6.54. The van der Waals surface area contributed by atoms with E-state index in [1.807, 2.05) is 28.7 Å². The number of benzene rings is 1. The predicted octanol–water partition coefficient (Wildman–Crippen LogP) is 2.95. The third kappa shape index (κ3) is 2.35. The van der Waals surface area contributed by atoms with E-state index in [0.29, 0.717) is 12.0 Å². The van der Waals surface area contributed by atoms with Crippen LogP contribution in [0.15, 0.2) is 47.1 Å². The second-order valence-corrected chi connectivity index (χ2v) is 5.09. The highest BCUT2D eigenvalue weighted by Crippen LogP contribution is 2.14. The molecule has 0 N–H and O–H groups in total. The molecule has 0 unspecified atom stereocenters. The summed E-state index contributed by atoms with van der Waals surface area (Å²) >= 11 is 3.41. The molecule has 0 amide bonds. The Balaban J connectivity index is 2.01. The Kier molecular flexibility index (Phi) is 3.02. The Labute approximate surface area is 118 Å². The number of rotatable bonds is 2.